The highest BCUT2D eigenvalue weighted by molar-refractivity contribution is 8.17. The molecule has 5 rings (SSSR count). The number of hydrogen-bond acceptors (Lipinski definition) is 7. The molecule has 10 heteroatoms. The van der Waals surface area contributed by atoms with Crippen LogP contribution in [-0.4, -0.2) is 70.8 Å². The number of benzene rings is 2. The van der Waals surface area contributed by atoms with Crippen molar-refractivity contribution in [2.24, 2.45) is 17.8 Å². The number of hydrogen-bond donors (Lipinski definition) is 2. The zero-order valence-electron chi connectivity index (χ0n) is 29.7. The van der Waals surface area contributed by atoms with Crippen LogP contribution in [0.4, 0.5) is 5.69 Å². The Morgan fingerprint density at radius 1 is 1.12 bits per heavy atom. The standard InChI is InChI=1S/C33H42ClNO2S2.C4H11NOS.CH4O/c1-3-5-8-30(33-38-15-6-16-39-33)29-12-10-25(29)19-35-20-26(28-13-11-27(34)18-24(28)7-4-2)22-37-32-14-9-23(21-36)17-31(32)35;1-4(2)7(6)5-3;1-2/h5,8-9,11,13-14,17-18,21,25-26,29-30,33H,3-4,6-7,10,12,15-16,19-20,22H2,1-2H3;4-5H,1-3H3;2H,1H3/b8-5+;;. The van der Waals surface area contributed by atoms with E-state index in [1.165, 1.54) is 41.9 Å². The number of aliphatic hydroxyl groups excluding tert-OH is 1. The van der Waals surface area contributed by atoms with Gasteiger partial charge in [0.15, 0.2) is 0 Å². The minimum atomic E-state index is -0.829. The summed E-state index contributed by atoms with van der Waals surface area (Å²) in [6, 6.07) is 12.3. The molecule has 268 valence electrons. The van der Waals surface area contributed by atoms with Gasteiger partial charge in [-0.05, 0) is 118 Å². The van der Waals surface area contributed by atoms with Gasteiger partial charge in [-0.3, -0.25) is 4.79 Å². The Morgan fingerprint density at radius 3 is 2.46 bits per heavy atom. The van der Waals surface area contributed by atoms with Crippen molar-refractivity contribution in [3.63, 3.8) is 0 Å². The maximum atomic E-state index is 11.7. The van der Waals surface area contributed by atoms with Gasteiger partial charge in [0, 0.05) is 47.9 Å². The molecule has 5 unspecified atom stereocenters. The molecule has 0 radical (unpaired) electrons. The fourth-order valence-electron chi connectivity index (χ4n) is 6.71. The number of aldehydes is 1. The lowest BCUT2D eigenvalue weighted by Crippen LogP contribution is -2.44. The van der Waals surface area contributed by atoms with Crippen LogP contribution in [0.15, 0.2) is 48.6 Å². The highest BCUT2D eigenvalue weighted by Gasteiger charge is 2.41. The molecule has 2 aromatic carbocycles. The maximum Gasteiger partial charge on any atom is 0.150 e. The van der Waals surface area contributed by atoms with Gasteiger partial charge in [-0.15, -0.1) is 23.5 Å². The summed E-state index contributed by atoms with van der Waals surface area (Å²) in [5.41, 5.74) is 4.46. The smallest absolute Gasteiger partial charge is 0.150 e. The van der Waals surface area contributed by atoms with E-state index in [1.54, 1.807) is 7.05 Å². The summed E-state index contributed by atoms with van der Waals surface area (Å²) in [6.45, 7) is 10.8. The predicted octanol–water partition coefficient (Wildman–Crippen LogP) is 8.78. The first-order valence-corrected chi connectivity index (χ1v) is 21.2. The van der Waals surface area contributed by atoms with Crippen molar-refractivity contribution in [3.05, 3.63) is 70.3 Å². The van der Waals surface area contributed by atoms with Gasteiger partial charge in [-0.1, -0.05) is 50.1 Å². The molecule has 0 spiro atoms. The van der Waals surface area contributed by atoms with Crippen LogP contribution in [0, 0.1) is 17.8 Å². The summed E-state index contributed by atoms with van der Waals surface area (Å²) in [7, 11) is 1.86. The molecular formula is C38H57ClN2O4S3. The molecule has 0 aromatic heterocycles. The highest BCUT2D eigenvalue weighted by Crippen LogP contribution is 2.49. The first-order chi connectivity index (χ1) is 23.3. The second kappa shape index (κ2) is 21.7. The summed E-state index contributed by atoms with van der Waals surface area (Å²) >= 11 is 10.8. The fourth-order valence-corrected chi connectivity index (χ4v) is 10.6. The molecule has 6 nitrogen and oxygen atoms in total. The second-order valence-electron chi connectivity index (χ2n) is 12.8. The first kappa shape index (κ1) is 40.9. The van der Waals surface area contributed by atoms with E-state index in [-0.39, 0.29) is 11.2 Å². The third-order valence-electron chi connectivity index (χ3n) is 9.22. The van der Waals surface area contributed by atoms with Gasteiger partial charge in [0.05, 0.1) is 27.9 Å². The van der Waals surface area contributed by atoms with E-state index in [4.69, 9.17) is 21.4 Å². The zero-order chi connectivity index (χ0) is 35.1. The van der Waals surface area contributed by atoms with E-state index in [2.05, 4.69) is 71.3 Å². The number of nitrogens with zero attached hydrogens (tertiary/aromatic N) is 1. The van der Waals surface area contributed by atoms with Gasteiger partial charge < -0.3 is 14.7 Å². The number of carbonyl (C=O) groups excluding carboxylic acids is 1. The van der Waals surface area contributed by atoms with Crippen molar-refractivity contribution in [3.8, 4) is 5.75 Å². The second-order valence-corrected chi connectivity index (χ2v) is 18.0. The Kier molecular flexibility index (Phi) is 18.5. The Hall–Kier alpha value is -1.49. The molecule has 2 aromatic rings. The van der Waals surface area contributed by atoms with Crippen LogP contribution in [0.3, 0.4) is 0 Å². The van der Waals surface area contributed by atoms with E-state index >= 15 is 0 Å². The van der Waals surface area contributed by atoms with Crippen molar-refractivity contribution in [1.82, 2.24) is 4.72 Å². The minimum absolute atomic E-state index is 0.227. The number of halogens is 1. The number of anilines is 1. The average Bonchev–Trinajstić information content (AvgIpc) is 3.28. The van der Waals surface area contributed by atoms with Crippen molar-refractivity contribution in [2.75, 3.05) is 50.3 Å². The van der Waals surface area contributed by atoms with Crippen LogP contribution in [0.1, 0.15) is 87.2 Å². The number of aryl methyl sites for hydroxylation is 1. The van der Waals surface area contributed by atoms with E-state index in [9.17, 15) is 9.00 Å². The van der Waals surface area contributed by atoms with Crippen LogP contribution in [-0.2, 0) is 17.4 Å². The number of ether oxygens (including phenoxy) is 1. The third-order valence-corrected chi connectivity index (χ3v) is 13.9. The Morgan fingerprint density at radius 2 is 1.88 bits per heavy atom. The number of rotatable bonds is 12. The zero-order valence-corrected chi connectivity index (χ0v) is 32.9. The maximum absolute atomic E-state index is 11.7. The van der Waals surface area contributed by atoms with E-state index < -0.39 is 11.0 Å². The Labute approximate surface area is 306 Å². The van der Waals surface area contributed by atoms with Crippen molar-refractivity contribution in [1.29, 1.82) is 0 Å². The van der Waals surface area contributed by atoms with Crippen LogP contribution in [0.2, 0.25) is 5.02 Å². The molecule has 2 heterocycles. The Bertz CT molecular complexity index is 1320. The third kappa shape index (κ3) is 11.5. The van der Waals surface area contributed by atoms with Gasteiger partial charge in [0.2, 0.25) is 0 Å². The Balaban J connectivity index is 0.000000618. The van der Waals surface area contributed by atoms with Gasteiger partial charge >= 0.3 is 0 Å². The monoisotopic (exact) mass is 736 g/mol. The van der Waals surface area contributed by atoms with E-state index in [1.807, 2.05) is 38.1 Å². The number of thioether (sulfide) groups is 2. The number of nitrogens with one attached hydrogen (secondary N) is 1. The van der Waals surface area contributed by atoms with Crippen molar-refractivity contribution in [2.45, 2.75) is 82.0 Å². The number of carbonyl (C=O) groups is 1. The summed E-state index contributed by atoms with van der Waals surface area (Å²) < 4.78 is 20.3. The lowest BCUT2D eigenvalue weighted by molar-refractivity contribution is 0.112. The molecule has 2 fully saturated rings. The summed E-state index contributed by atoms with van der Waals surface area (Å²) in [5.74, 6) is 5.71. The average molecular weight is 738 g/mol. The molecule has 48 heavy (non-hydrogen) atoms. The summed E-state index contributed by atoms with van der Waals surface area (Å²) in [5, 5.41) is 8.03. The van der Waals surface area contributed by atoms with Gasteiger partial charge in [-0.25, -0.2) is 8.93 Å². The molecule has 1 aliphatic carbocycles. The van der Waals surface area contributed by atoms with Crippen LogP contribution >= 0.6 is 35.1 Å². The van der Waals surface area contributed by atoms with Crippen LogP contribution in [0.5, 0.6) is 5.75 Å². The van der Waals surface area contributed by atoms with E-state index in [0.29, 0.717) is 34.5 Å². The SMILES string of the molecule is CC/C=C/C(C1SCCCS1)C1CCC1CN1CC(c2ccc(Cl)cc2CCC)COc2ccc(C=O)cc21.CNS(=O)C(C)C.CO. The van der Waals surface area contributed by atoms with Gasteiger partial charge in [0.25, 0.3) is 0 Å². The molecule has 1 saturated heterocycles. The summed E-state index contributed by atoms with van der Waals surface area (Å²) in [6.07, 6.45) is 13.0. The predicted molar refractivity (Wildman–Crippen MR) is 211 cm³/mol. The van der Waals surface area contributed by atoms with Crippen molar-refractivity contribution >= 4 is 58.1 Å². The van der Waals surface area contributed by atoms with Crippen molar-refractivity contribution < 1.29 is 18.8 Å². The molecule has 5 atom stereocenters. The number of fused-ring (bicyclic) bond motifs is 1. The van der Waals surface area contributed by atoms with Gasteiger partial charge in [-0.2, -0.15) is 0 Å². The fraction of sp³-hybridized carbons (Fsp3) is 0.605. The number of aliphatic hydroxyl groups is 1. The first-order valence-electron chi connectivity index (χ1n) is 17.5. The number of allylic oxidation sites excluding steroid dienone is 2. The van der Waals surface area contributed by atoms with Gasteiger partial charge in [0.1, 0.15) is 12.0 Å². The molecule has 2 N–H and O–H groups in total. The molecule has 2 aliphatic heterocycles. The molecule has 1 saturated carbocycles. The largest absolute Gasteiger partial charge is 0.491 e. The molecule has 3 aliphatic rings. The van der Waals surface area contributed by atoms with Crippen LogP contribution < -0.4 is 14.4 Å². The lowest BCUT2D eigenvalue weighted by atomic mass is 9.67. The molecular weight excluding hydrogens is 680 g/mol. The minimum Gasteiger partial charge on any atom is -0.491 e. The topological polar surface area (TPSA) is 78.9 Å². The molecule has 0 bridgehead atoms. The normalized spacial score (nSPS) is 22.2. The quantitative estimate of drug-likeness (QED) is 0.167. The van der Waals surface area contributed by atoms with Crippen LogP contribution in [0.25, 0.3) is 0 Å². The van der Waals surface area contributed by atoms with E-state index in [0.717, 1.165) is 62.2 Å². The molecule has 0 amide bonds. The highest BCUT2D eigenvalue weighted by atomic mass is 35.5. The summed E-state index contributed by atoms with van der Waals surface area (Å²) in [4.78, 5) is 14.3. The lowest BCUT2D eigenvalue weighted by Gasteiger charge is -2.46.